The van der Waals surface area contributed by atoms with Gasteiger partial charge in [-0.25, -0.2) is 0 Å². The van der Waals surface area contributed by atoms with Crippen molar-refractivity contribution in [2.75, 3.05) is 23.9 Å². The Kier molecular flexibility index (Phi) is 5.52. The summed E-state index contributed by atoms with van der Waals surface area (Å²) < 4.78 is 1.24. The molecule has 7 heteroatoms. The van der Waals surface area contributed by atoms with E-state index in [1.54, 1.807) is 0 Å². The number of H-pyrrole nitrogens is 1. The second kappa shape index (κ2) is 7.95. The first-order valence-corrected chi connectivity index (χ1v) is 11.0. The number of pyridine rings is 1. The molecule has 2 aromatic heterocycles. The van der Waals surface area contributed by atoms with Crippen molar-refractivity contribution < 1.29 is 0 Å². The van der Waals surface area contributed by atoms with Gasteiger partial charge in [-0.2, -0.15) is 0 Å². The van der Waals surface area contributed by atoms with Gasteiger partial charge in [0.25, 0.3) is 0 Å². The molecule has 0 unspecified atom stereocenters. The minimum Gasteiger partial charge on any atom is -0.378 e. The fraction of sp³-hybridized carbons (Fsp3) is 0.273. The molecule has 2 N–H and O–H groups in total. The first-order chi connectivity index (χ1) is 13.9. The molecule has 1 aromatic carbocycles. The van der Waals surface area contributed by atoms with E-state index in [0.29, 0.717) is 0 Å². The number of hydrogen-bond donors (Lipinski definition) is 2. The molecule has 4 rings (SSSR count). The quantitative estimate of drug-likeness (QED) is 0.382. The lowest BCUT2D eigenvalue weighted by molar-refractivity contribution is 0.564. The Morgan fingerprint density at radius 2 is 1.79 bits per heavy atom. The first kappa shape index (κ1) is 20.2. The van der Waals surface area contributed by atoms with Crippen molar-refractivity contribution in [3.05, 3.63) is 74.9 Å². The Morgan fingerprint density at radius 1 is 1.07 bits per heavy atom. The van der Waals surface area contributed by atoms with Crippen LogP contribution in [-0.2, 0) is 0 Å². The first-order valence-electron chi connectivity index (χ1n) is 9.51. The van der Waals surface area contributed by atoms with Gasteiger partial charge in [-0.3, -0.25) is 4.98 Å². The van der Waals surface area contributed by atoms with Crippen LogP contribution in [0, 0.1) is 17.4 Å². The van der Waals surface area contributed by atoms with Crippen LogP contribution >= 0.6 is 34.8 Å². The smallest absolute Gasteiger partial charge is 0.174 e. The summed E-state index contributed by atoms with van der Waals surface area (Å²) in [7, 11) is 4.09. The van der Waals surface area contributed by atoms with Gasteiger partial charge in [0.2, 0.25) is 0 Å². The Morgan fingerprint density at radius 3 is 2.34 bits per heavy atom. The van der Waals surface area contributed by atoms with E-state index in [4.69, 9.17) is 12.2 Å². The van der Waals surface area contributed by atoms with Gasteiger partial charge in [-0.05, 0) is 85.1 Å². The van der Waals surface area contributed by atoms with Crippen molar-refractivity contribution in [1.82, 2.24) is 15.3 Å². The van der Waals surface area contributed by atoms with Gasteiger partial charge in [-0.15, -0.1) is 0 Å². The number of thiocarbonyl (C=S) groups is 1. The van der Waals surface area contributed by atoms with Crippen molar-refractivity contribution in [2.24, 2.45) is 0 Å². The average molecular weight is 517 g/mol. The summed E-state index contributed by atoms with van der Waals surface area (Å²) in [6, 6.07) is 14.6. The van der Waals surface area contributed by atoms with Gasteiger partial charge in [0.1, 0.15) is 0 Å². The van der Waals surface area contributed by atoms with E-state index in [9.17, 15) is 0 Å². The molecule has 5 nitrogen and oxygen atoms in total. The number of nitrogens with zero attached hydrogens (tertiary/aromatic N) is 3. The largest absolute Gasteiger partial charge is 0.378 e. The molecule has 3 aromatic rings. The molecule has 0 aliphatic carbocycles. The molecule has 0 saturated carbocycles. The maximum atomic E-state index is 5.82. The summed E-state index contributed by atoms with van der Waals surface area (Å²) in [5.74, 6) is 0. The molecule has 1 saturated heterocycles. The zero-order valence-electron chi connectivity index (χ0n) is 16.9. The number of anilines is 2. The lowest BCUT2D eigenvalue weighted by Crippen LogP contribution is -2.29. The summed E-state index contributed by atoms with van der Waals surface area (Å²) in [5.41, 5.74) is 6.83. The molecular weight excluding hydrogens is 493 g/mol. The number of aromatic nitrogens is 2. The maximum Gasteiger partial charge on any atom is 0.174 e. The zero-order valence-corrected chi connectivity index (χ0v) is 19.9. The fourth-order valence-corrected chi connectivity index (χ4v) is 5.16. The van der Waals surface area contributed by atoms with E-state index >= 15 is 0 Å². The van der Waals surface area contributed by atoms with Gasteiger partial charge < -0.3 is 20.1 Å². The van der Waals surface area contributed by atoms with Gasteiger partial charge in [0.05, 0.1) is 17.8 Å². The Hall–Kier alpha value is -2.13. The van der Waals surface area contributed by atoms with Gasteiger partial charge in [0.15, 0.2) is 5.11 Å². The molecular formula is C22H24IN5S. The van der Waals surface area contributed by atoms with Crippen LogP contribution in [0.15, 0.2) is 48.7 Å². The van der Waals surface area contributed by atoms with Crippen molar-refractivity contribution in [3.8, 4) is 0 Å². The molecule has 0 radical (unpaired) electrons. The van der Waals surface area contributed by atoms with Crippen LogP contribution in [0.4, 0.5) is 11.4 Å². The monoisotopic (exact) mass is 517 g/mol. The lowest BCUT2D eigenvalue weighted by Gasteiger charge is -2.29. The second-order valence-electron chi connectivity index (χ2n) is 7.51. The molecule has 0 spiro atoms. The summed E-state index contributed by atoms with van der Waals surface area (Å²) in [6.07, 6.45) is 1.84. The van der Waals surface area contributed by atoms with E-state index in [1.807, 2.05) is 32.4 Å². The minimum absolute atomic E-state index is 0.0134. The molecule has 0 amide bonds. The Balaban J connectivity index is 1.85. The number of halogens is 1. The fourth-order valence-electron chi connectivity index (χ4n) is 3.96. The van der Waals surface area contributed by atoms with Crippen LogP contribution in [0.3, 0.4) is 0 Å². The molecule has 1 aliphatic rings. The van der Waals surface area contributed by atoms with Crippen molar-refractivity contribution in [3.63, 3.8) is 0 Å². The van der Waals surface area contributed by atoms with Crippen LogP contribution in [-0.4, -0.2) is 29.2 Å². The van der Waals surface area contributed by atoms with E-state index in [1.165, 1.54) is 20.5 Å². The molecule has 29 heavy (non-hydrogen) atoms. The van der Waals surface area contributed by atoms with Crippen molar-refractivity contribution in [2.45, 2.75) is 25.9 Å². The van der Waals surface area contributed by atoms with Gasteiger partial charge in [-0.1, -0.05) is 6.07 Å². The lowest BCUT2D eigenvalue weighted by atomic mass is 9.96. The number of benzene rings is 1. The molecule has 150 valence electrons. The molecule has 1 aliphatic heterocycles. The normalized spacial score (nSPS) is 18.8. The zero-order chi connectivity index (χ0) is 20.7. The highest BCUT2D eigenvalue weighted by molar-refractivity contribution is 14.1. The highest BCUT2D eigenvalue weighted by Crippen LogP contribution is 2.44. The van der Waals surface area contributed by atoms with Crippen LogP contribution in [0.5, 0.6) is 0 Å². The third-order valence-corrected chi connectivity index (χ3v) is 7.09. The Bertz CT molecular complexity index is 1030. The number of hydrogen-bond acceptors (Lipinski definition) is 3. The van der Waals surface area contributed by atoms with Crippen LogP contribution < -0.4 is 15.1 Å². The van der Waals surface area contributed by atoms with E-state index in [0.717, 1.165) is 22.2 Å². The summed E-state index contributed by atoms with van der Waals surface area (Å²) in [5, 5.41) is 4.26. The maximum absolute atomic E-state index is 5.82. The molecule has 2 atom stereocenters. The highest BCUT2D eigenvalue weighted by Gasteiger charge is 2.42. The SMILES string of the molecule is Cc1[nH]c(C)c([C@@H]2[C@H](c3ccccn3)NC(=S)N2c2ccc(N(C)C)cc2)c1I. The summed E-state index contributed by atoms with van der Waals surface area (Å²) in [6.45, 7) is 4.25. The molecule has 0 bridgehead atoms. The predicted molar refractivity (Wildman–Crippen MR) is 132 cm³/mol. The van der Waals surface area contributed by atoms with Crippen LogP contribution in [0.2, 0.25) is 0 Å². The average Bonchev–Trinajstić information content (AvgIpc) is 3.17. The van der Waals surface area contributed by atoms with E-state index < -0.39 is 0 Å². The van der Waals surface area contributed by atoms with Crippen molar-refractivity contribution >= 4 is 51.3 Å². The van der Waals surface area contributed by atoms with Crippen molar-refractivity contribution in [1.29, 1.82) is 0 Å². The van der Waals surface area contributed by atoms with Crippen LogP contribution in [0.25, 0.3) is 0 Å². The van der Waals surface area contributed by atoms with Gasteiger partial charge >= 0.3 is 0 Å². The summed E-state index contributed by atoms with van der Waals surface area (Å²) >= 11 is 8.26. The third-order valence-electron chi connectivity index (χ3n) is 5.38. The second-order valence-corrected chi connectivity index (χ2v) is 8.98. The van der Waals surface area contributed by atoms with E-state index in [2.05, 4.69) is 91.9 Å². The van der Waals surface area contributed by atoms with Crippen LogP contribution in [0.1, 0.15) is 34.7 Å². The number of nitrogens with one attached hydrogen (secondary N) is 2. The Labute approximate surface area is 190 Å². The topological polar surface area (TPSA) is 47.2 Å². The standard InChI is InChI=1S/C22H24IN5S/c1-13-18(19(23)14(2)25-13)21-20(17-7-5-6-12-24-17)26-22(29)28(21)16-10-8-15(9-11-16)27(3)4/h5-12,20-21,25H,1-4H3,(H,26,29)/t20-,21+/m0/s1. The predicted octanol–water partition coefficient (Wildman–Crippen LogP) is 4.87. The number of aryl methyl sites for hydroxylation is 2. The van der Waals surface area contributed by atoms with Gasteiger partial charge in [0, 0.05) is 52.2 Å². The summed E-state index contributed by atoms with van der Waals surface area (Å²) in [4.78, 5) is 12.5. The molecule has 1 fully saturated rings. The number of rotatable bonds is 4. The third kappa shape index (κ3) is 3.61. The molecule has 3 heterocycles. The number of aromatic amines is 1. The van der Waals surface area contributed by atoms with E-state index in [-0.39, 0.29) is 12.1 Å². The minimum atomic E-state index is -0.0281. The highest BCUT2D eigenvalue weighted by atomic mass is 127.